The number of β-amino-alcohol motifs (C(OH)–C–C–N with tert-alkyl or cyclic N) is 1. The van der Waals surface area contributed by atoms with Crippen LogP contribution in [-0.2, 0) is 17.9 Å². The van der Waals surface area contributed by atoms with Gasteiger partial charge in [-0.05, 0) is 33.2 Å². The Morgan fingerprint density at radius 3 is 2.95 bits per heavy atom. The smallest absolute Gasteiger partial charge is 0.236 e. The number of rotatable bonds is 5. The second-order valence-electron chi connectivity index (χ2n) is 5.88. The first kappa shape index (κ1) is 16.0. The Kier molecular flexibility index (Phi) is 5.36. The molecule has 0 unspecified atom stereocenters. The summed E-state index contributed by atoms with van der Waals surface area (Å²) in [5.74, 6) is 0.0905. The minimum absolute atomic E-state index is 0.0905. The Bertz CT molecular complexity index is 486. The molecule has 1 atom stereocenters. The van der Waals surface area contributed by atoms with Gasteiger partial charge >= 0.3 is 0 Å². The van der Waals surface area contributed by atoms with Crippen molar-refractivity contribution in [2.75, 3.05) is 26.7 Å². The summed E-state index contributed by atoms with van der Waals surface area (Å²) in [5, 5.41) is 14.1. The molecule has 1 aliphatic rings. The van der Waals surface area contributed by atoms with Crippen LogP contribution in [0.2, 0.25) is 0 Å². The second kappa shape index (κ2) is 7.04. The second-order valence-corrected chi connectivity index (χ2v) is 5.88. The zero-order valence-corrected chi connectivity index (χ0v) is 13.2. The van der Waals surface area contributed by atoms with Crippen LogP contribution in [0.1, 0.15) is 31.0 Å². The Hall–Kier alpha value is -1.40. The third kappa shape index (κ3) is 4.28. The standard InChI is InChI=1S/C15H26N4O2/c1-4-19-9-13(12(2)16-19)8-17(3)15(21)11-18-7-5-6-14(20)10-18/h9,14,20H,4-8,10-11H2,1-3H3/t14-/m1/s1. The average Bonchev–Trinajstić information content (AvgIpc) is 2.79. The van der Waals surface area contributed by atoms with E-state index in [-0.39, 0.29) is 12.0 Å². The van der Waals surface area contributed by atoms with Crippen LogP contribution in [0.15, 0.2) is 6.20 Å². The summed E-state index contributed by atoms with van der Waals surface area (Å²) < 4.78 is 1.89. The fourth-order valence-electron chi connectivity index (χ4n) is 2.71. The number of likely N-dealkylation sites (N-methyl/N-ethyl adjacent to an activating group) is 1. The van der Waals surface area contributed by atoms with Crippen molar-refractivity contribution < 1.29 is 9.90 Å². The van der Waals surface area contributed by atoms with Gasteiger partial charge in [-0.1, -0.05) is 0 Å². The SMILES string of the molecule is CCn1cc(CN(C)C(=O)CN2CCC[C@@H](O)C2)c(C)n1. The molecular weight excluding hydrogens is 268 g/mol. The summed E-state index contributed by atoms with van der Waals surface area (Å²) in [6.07, 6.45) is 3.52. The molecule has 1 fully saturated rings. The van der Waals surface area contributed by atoms with Crippen molar-refractivity contribution in [3.05, 3.63) is 17.5 Å². The topological polar surface area (TPSA) is 61.6 Å². The van der Waals surface area contributed by atoms with Gasteiger partial charge in [0, 0.05) is 38.4 Å². The molecule has 0 spiro atoms. The molecule has 0 aliphatic carbocycles. The Balaban J connectivity index is 1.88. The van der Waals surface area contributed by atoms with E-state index in [1.54, 1.807) is 4.90 Å². The number of amides is 1. The van der Waals surface area contributed by atoms with Crippen molar-refractivity contribution in [1.29, 1.82) is 0 Å². The minimum atomic E-state index is -0.290. The van der Waals surface area contributed by atoms with Gasteiger partial charge in [0.25, 0.3) is 0 Å². The van der Waals surface area contributed by atoms with E-state index in [1.165, 1.54) is 0 Å². The van der Waals surface area contributed by atoms with Crippen LogP contribution in [0.4, 0.5) is 0 Å². The molecule has 1 amide bonds. The molecule has 6 heteroatoms. The lowest BCUT2D eigenvalue weighted by molar-refractivity contribution is -0.132. The van der Waals surface area contributed by atoms with Gasteiger partial charge in [-0.15, -0.1) is 0 Å². The molecular formula is C15H26N4O2. The largest absolute Gasteiger partial charge is 0.392 e. The highest BCUT2D eigenvalue weighted by atomic mass is 16.3. The maximum atomic E-state index is 12.3. The Morgan fingerprint density at radius 2 is 2.33 bits per heavy atom. The van der Waals surface area contributed by atoms with Crippen molar-refractivity contribution in [2.24, 2.45) is 0 Å². The van der Waals surface area contributed by atoms with E-state index in [1.807, 2.05) is 36.7 Å². The van der Waals surface area contributed by atoms with Gasteiger partial charge < -0.3 is 10.0 Å². The maximum absolute atomic E-state index is 12.3. The molecule has 0 bridgehead atoms. The average molecular weight is 294 g/mol. The van der Waals surface area contributed by atoms with Crippen LogP contribution in [-0.4, -0.2) is 63.4 Å². The molecule has 2 rings (SSSR count). The Morgan fingerprint density at radius 1 is 1.57 bits per heavy atom. The number of hydrogen-bond donors (Lipinski definition) is 1. The van der Waals surface area contributed by atoms with E-state index >= 15 is 0 Å². The fraction of sp³-hybridized carbons (Fsp3) is 0.733. The first-order chi connectivity index (χ1) is 9.99. The molecule has 118 valence electrons. The van der Waals surface area contributed by atoms with E-state index < -0.39 is 0 Å². The normalized spacial score (nSPS) is 19.7. The first-order valence-corrected chi connectivity index (χ1v) is 7.67. The van der Waals surface area contributed by atoms with Crippen molar-refractivity contribution in [2.45, 2.75) is 45.9 Å². The summed E-state index contributed by atoms with van der Waals surface area (Å²) in [4.78, 5) is 16.1. The monoisotopic (exact) mass is 294 g/mol. The number of likely N-dealkylation sites (tertiary alicyclic amines) is 1. The van der Waals surface area contributed by atoms with E-state index in [2.05, 4.69) is 5.10 Å². The summed E-state index contributed by atoms with van der Waals surface area (Å²) in [6.45, 7) is 7.32. The summed E-state index contributed by atoms with van der Waals surface area (Å²) in [7, 11) is 1.82. The molecule has 2 heterocycles. The van der Waals surface area contributed by atoms with E-state index in [4.69, 9.17) is 0 Å². The first-order valence-electron chi connectivity index (χ1n) is 7.67. The molecule has 0 aromatic carbocycles. The molecule has 21 heavy (non-hydrogen) atoms. The number of aliphatic hydroxyl groups excluding tert-OH is 1. The van der Waals surface area contributed by atoms with Gasteiger partial charge in [-0.2, -0.15) is 5.10 Å². The van der Waals surface area contributed by atoms with Gasteiger partial charge in [0.2, 0.25) is 5.91 Å². The van der Waals surface area contributed by atoms with Gasteiger partial charge in [0.1, 0.15) is 0 Å². The van der Waals surface area contributed by atoms with Gasteiger partial charge in [0.15, 0.2) is 0 Å². The number of carbonyl (C=O) groups is 1. The quantitative estimate of drug-likeness (QED) is 0.865. The lowest BCUT2D eigenvalue weighted by Gasteiger charge is -2.30. The van der Waals surface area contributed by atoms with Gasteiger partial charge in [-0.3, -0.25) is 14.4 Å². The van der Waals surface area contributed by atoms with Crippen LogP contribution >= 0.6 is 0 Å². The van der Waals surface area contributed by atoms with Gasteiger partial charge in [-0.25, -0.2) is 0 Å². The molecule has 1 saturated heterocycles. The molecule has 1 aromatic rings. The van der Waals surface area contributed by atoms with Crippen molar-refractivity contribution in [3.8, 4) is 0 Å². The summed E-state index contributed by atoms with van der Waals surface area (Å²) in [5.41, 5.74) is 2.07. The van der Waals surface area contributed by atoms with Crippen molar-refractivity contribution in [3.63, 3.8) is 0 Å². The van der Waals surface area contributed by atoms with E-state index in [9.17, 15) is 9.90 Å². The number of piperidine rings is 1. The van der Waals surface area contributed by atoms with Gasteiger partial charge in [0.05, 0.1) is 18.3 Å². The maximum Gasteiger partial charge on any atom is 0.236 e. The number of aryl methyl sites for hydroxylation is 2. The summed E-state index contributed by atoms with van der Waals surface area (Å²) in [6, 6.07) is 0. The minimum Gasteiger partial charge on any atom is -0.392 e. The zero-order valence-electron chi connectivity index (χ0n) is 13.2. The predicted molar refractivity (Wildman–Crippen MR) is 80.8 cm³/mol. The Labute approximate surface area is 126 Å². The number of hydrogen-bond acceptors (Lipinski definition) is 4. The number of nitrogens with zero attached hydrogens (tertiary/aromatic N) is 4. The van der Waals surface area contributed by atoms with Crippen LogP contribution in [0.5, 0.6) is 0 Å². The van der Waals surface area contributed by atoms with Crippen LogP contribution in [0.25, 0.3) is 0 Å². The van der Waals surface area contributed by atoms with Crippen molar-refractivity contribution >= 4 is 5.91 Å². The molecule has 1 aliphatic heterocycles. The molecule has 0 radical (unpaired) electrons. The molecule has 1 aromatic heterocycles. The lowest BCUT2D eigenvalue weighted by atomic mass is 10.1. The lowest BCUT2D eigenvalue weighted by Crippen LogP contribution is -2.44. The highest BCUT2D eigenvalue weighted by Crippen LogP contribution is 2.12. The molecule has 1 N–H and O–H groups in total. The van der Waals surface area contributed by atoms with Crippen LogP contribution < -0.4 is 0 Å². The van der Waals surface area contributed by atoms with Crippen LogP contribution in [0.3, 0.4) is 0 Å². The number of aromatic nitrogens is 2. The highest BCUT2D eigenvalue weighted by molar-refractivity contribution is 5.78. The van der Waals surface area contributed by atoms with Crippen LogP contribution in [0, 0.1) is 6.92 Å². The number of aliphatic hydroxyl groups is 1. The third-order valence-electron chi connectivity index (χ3n) is 4.04. The highest BCUT2D eigenvalue weighted by Gasteiger charge is 2.21. The molecule has 0 saturated carbocycles. The van der Waals surface area contributed by atoms with Crippen molar-refractivity contribution in [1.82, 2.24) is 19.6 Å². The predicted octanol–water partition coefficient (Wildman–Crippen LogP) is 0.627. The van der Waals surface area contributed by atoms with E-state index in [0.717, 1.165) is 37.2 Å². The zero-order chi connectivity index (χ0) is 15.4. The molecule has 6 nitrogen and oxygen atoms in total. The number of carbonyl (C=O) groups excluding carboxylic acids is 1. The van der Waals surface area contributed by atoms with E-state index in [0.29, 0.717) is 19.6 Å². The summed E-state index contributed by atoms with van der Waals surface area (Å²) >= 11 is 0. The fourth-order valence-corrected chi connectivity index (χ4v) is 2.71. The third-order valence-corrected chi connectivity index (χ3v) is 4.04.